The predicted molar refractivity (Wildman–Crippen MR) is 115 cm³/mol. The van der Waals surface area contributed by atoms with E-state index in [1.165, 1.54) is 16.8 Å². The summed E-state index contributed by atoms with van der Waals surface area (Å²) in [6.07, 6.45) is 1.50. The molecule has 1 aliphatic rings. The highest BCUT2D eigenvalue weighted by atomic mass is 16.5. The number of nitrogens with zero attached hydrogens (tertiary/aromatic N) is 2. The number of benzene rings is 2. The summed E-state index contributed by atoms with van der Waals surface area (Å²) in [5.41, 5.74) is 4.55. The van der Waals surface area contributed by atoms with Gasteiger partial charge in [0.05, 0.1) is 13.2 Å². The molecule has 4 heteroatoms. The van der Waals surface area contributed by atoms with E-state index in [1.807, 2.05) is 12.1 Å². The van der Waals surface area contributed by atoms with Crippen LogP contribution in [0.25, 0.3) is 0 Å². The van der Waals surface area contributed by atoms with Crippen molar-refractivity contribution in [3.8, 4) is 0 Å². The zero-order valence-corrected chi connectivity index (χ0v) is 17.4. The van der Waals surface area contributed by atoms with Crippen molar-refractivity contribution in [1.29, 1.82) is 0 Å². The third kappa shape index (κ3) is 5.91. The summed E-state index contributed by atoms with van der Waals surface area (Å²) < 4.78 is 5.41. The van der Waals surface area contributed by atoms with Gasteiger partial charge >= 0.3 is 0 Å². The van der Waals surface area contributed by atoms with Crippen molar-refractivity contribution in [2.24, 2.45) is 5.92 Å². The molecule has 4 nitrogen and oxygen atoms in total. The summed E-state index contributed by atoms with van der Waals surface area (Å²) in [6.45, 7) is 6.37. The van der Waals surface area contributed by atoms with Crippen LogP contribution in [0.4, 0.5) is 5.69 Å². The molecule has 1 aliphatic heterocycles. The Balaban J connectivity index is 1.64. The molecule has 1 fully saturated rings. The Hall–Kier alpha value is -2.17. The Morgan fingerprint density at radius 2 is 1.68 bits per heavy atom. The first-order valence-electron chi connectivity index (χ1n) is 10.2. The minimum absolute atomic E-state index is 0.229. The number of morpholine rings is 1. The maximum atomic E-state index is 12.9. The van der Waals surface area contributed by atoms with Gasteiger partial charge in [0.25, 0.3) is 0 Å². The van der Waals surface area contributed by atoms with Gasteiger partial charge < -0.3 is 14.5 Å². The van der Waals surface area contributed by atoms with E-state index in [1.54, 1.807) is 0 Å². The van der Waals surface area contributed by atoms with Crippen molar-refractivity contribution in [3.63, 3.8) is 0 Å². The van der Waals surface area contributed by atoms with Crippen molar-refractivity contribution < 1.29 is 9.53 Å². The number of hydrogen-bond donors (Lipinski definition) is 0. The van der Waals surface area contributed by atoms with Gasteiger partial charge in [0.1, 0.15) is 0 Å². The second-order valence-corrected chi connectivity index (χ2v) is 8.09. The van der Waals surface area contributed by atoms with Gasteiger partial charge in [-0.2, -0.15) is 0 Å². The van der Waals surface area contributed by atoms with Gasteiger partial charge in [-0.05, 0) is 63.2 Å². The first kappa shape index (κ1) is 20.6. The second-order valence-electron chi connectivity index (χ2n) is 8.09. The lowest BCUT2D eigenvalue weighted by Crippen LogP contribution is -2.36. The fourth-order valence-electron chi connectivity index (χ4n) is 3.83. The van der Waals surface area contributed by atoms with E-state index in [9.17, 15) is 4.79 Å². The Labute approximate surface area is 169 Å². The Kier molecular flexibility index (Phi) is 7.24. The molecule has 0 aliphatic carbocycles. The minimum atomic E-state index is 0.229. The number of ether oxygens (including phenoxy) is 1. The number of aryl methyl sites for hydroxylation is 1. The van der Waals surface area contributed by atoms with Gasteiger partial charge in [0.15, 0.2) is 5.78 Å². The topological polar surface area (TPSA) is 32.8 Å². The molecule has 0 N–H and O–H groups in total. The summed E-state index contributed by atoms with van der Waals surface area (Å²) >= 11 is 0. The average Bonchev–Trinajstić information content (AvgIpc) is 2.70. The number of Topliss-reactive ketones (excluding diaryl/α,β-unsaturated/α-hetero) is 1. The van der Waals surface area contributed by atoms with Crippen LogP contribution in [0.2, 0.25) is 0 Å². The zero-order valence-electron chi connectivity index (χ0n) is 17.4. The van der Waals surface area contributed by atoms with Gasteiger partial charge in [-0.1, -0.05) is 29.8 Å². The lowest BCUT2D eigenvalue weighted by Gasteiger charge is -2.29. The number of carbonyl (C=O) groups is 1. The molecule has 0 aromatic heterocycles. The van der Waals surface area contributed by atoms with Gasteiger partial charge in [-0.3, -0.25) is 4.79 Å². The highest BCUT2D eigenvalue weighted by Crippen LogP contribution is 2.20. The molecule has 0 radical (unpaired) electrons. The molecular weight excluding hydrogens is 348 g/mol. The van der Waals surface area contributed by atoms with E-state index in [-0.39, 0.29) is 5.78 Å². The fourth-order valence-corrected chi connectivity index (χ4v) is 3.83. The number of hydrogen-bond acceptors (Lipinski definition) is 4. The van der Waals surface area contributed by atoms with Crippen LogP contribution in [0.3, 0.4) is 0 Å². The molecule has 1 heterocycles. The van der Waals surface area contributed by atoms with Crippen molar-refractivity contribution in [2.75, 3.05) is 51.8 Å². The highest BCUT2D eigenvalue weighted by Gasteiger charge is 2.18. The summed E-state index contributed by atoms with van der Waals surface area (Å²) in [7, 11) is 4.15. The van der Waals surface area contributed by atoms with Gasteiger partial charge in [-0.15, -0.1) is 0 Å². The summed E-state index contributed by atoms with van der Waals surface area (Å²) in [4.78, 5) is 17.4. The van der Waals surface area contributed by atoms with Gasteiger partial charge in [0.2, 0.25) is 0 Å². The molecule has 1 saturated heterocycles. The molecule has 150 valence electrons. The number of carbonyl (C=O) groups excluding carboxylic acids is 1. The van der Waals surface area contributed by atoms with Crippen LogP contribution in [-0.4, -0.2) is 57.6 Å². The monoisotopic (exact) mass is 380 g/mol. The molecule has 2 aromatic carbocycles. The third-order valence-electron chi connectivity index (χ3n) is 5.31. The van der Waals surface area contributed by atoms with Crippen LogP contribution >= 0.6 is 0 Å². The molecule has 1 atom stereocenters. The maximum absolute atomic E-state index is 12.9. The number of ketones is 1. The molecule has 28 heavy (non-hydrogen) atoms. The summed E-state index contributed by atoms with van der Waals surface area (Å²) in [5, 5.41) is 0. The van der Waals surface area contributed by atoms with E-state index < -0.39 is 0 Å². The van der Waals surface area contributed by atoms with Crippen molar-refractivity contribution >= 4 is 11.5 Å². The van der Waals surface area contributed by atoms with E-state index in [2.05, 4.69) is 67.2 Å². The summed E-state index contributed by atoms with van der Waals surface area (Å²) in [5.74, 6) is 0.539. The van der Waals surface area contributed by atoms with Crippen LogP contribution in [0.15, 0.2) is 48.5 Å². The minimum Gasteiger partial charge on any atom is -0.378 e. The van der Waals surface area contributed by atoms with Crippen molar-refractivity contribution in [1.82, 2.24) is 4.90 Å². The number of rotatable bonds is 8. The zero-order chi connectivity index (χ0) is 19.9. The van der Waals surface area contributed by atoms with Gasteiger partial charge in [-0.25, -0.2) is 0 Å². The smallest absolute Gasteiger partial charge is 0.163 e. The highest BCUT2D eigenvalue weighted by molar-refractivity contribution is 5.96. The Morgan fingerprint density at radius 1 is 1.04 bits per heavy atom. The van der Waals surface area contributed by atoms with Crippen LogP contribution in [-0.2, 0) is 11.2 Å². The van der Waals surface area contributed by atoms with Crippen LogP contribution in [0.1, 0.15) is 27.9 Å². The van der Waals surface area contributed by atoms with Crippen molar-refractivity contribution in [2.45, 2.75) is 19.8 Å². The second kappa shape index (κ2) is 9.85. The third-order valence-corrected chi connectivity index (χ3v) is 5.31. The molecule has 0 bridgehead atoms. The lowest BCUT2D eigenvalue weighted by atomic mass is 9.91. The number of anilines is 1. The van der Waals surface area contributed by atoms with Gasteiger partial charge in [0, 0.05) is 37.3 Å². The maximum Gasteiger partial charge on any atom is 0.163 e. The van der Waals surface area contributed by atoms with E-state index >= 15 is 0 Å². The van der Waals surface area contributed by atoms with E-state index in [0.29, 0.717) is 12.3 Å². The van der Waals surface area contributed by atoms with Crippen LogP contribution in [0, 0.1) is 12.8 Å². The first-order chi connectivity index (χ1) is 13.5. The molecule has 0 amide bonds. The quantitative estimate of drug-likeness (QED) is 0.652. The SMILES string of the molecule is Cc1ccc(CC(CC(=O)c2ccc(N3CCOCC3)cc2)CN(C)C)cc1. The first-order valence-corrected chi connectivity index (χ1v) is 10.2. The lowest BCUT2D eigenvalue weighted by molar-refractivity contribution is 0.0953. The predicted octanol–water partition coefficient (Wildman–Crippen LogP) is 3.82. The van der Waals surface area contributed by atoms with E-state index in [4.69, 9.17) is 4.74 Å². The van der Waals surface area contributed by atoms with Crippen LogP contribution < -0.4 is 4.90 Å². The molecule has 2 aromatic rings. The largest absolute Gasteiger partial charge is 0.378 e. The average molecular weight is 381 g/mol. The molecule has 0 spiro atoms. The fraction of sp³-hybridized carbons (Fsp3) is 0.458. The normalized spacial score (nSPS) is 15.6. The molecular formula is C24H32N2O2. The van der Waals surface area contributed by atoms with E-state index in [0.717, 1.165) is 44.8 Å². The molecule has 3 rings (SSSR count). The Bertz CT molecular complexity index is 747. The standard InChI is InChI=1S/C24H32N2O2/c1-19-4-6-20(7-5-19)16-21(18-25(2)3)17-24(27)22-8-10-23(11-9-22)26-12-14-28-15-13-26/h4-11,21H,12-18H2,1-3H3. The van der Waals surface area contributed by atoms with Crippen LogP contribution in [0.5, 0.6) is 0 Å². The summed E-state index contributed by atoms with van der Waals surface area (Å²) in [6, 6.07) is 16.7. The molecule has 1 unspecified atom stereocenters. The van der Waals surface area contributed by atoms with Crippen molar-refractivity contribution in [3.05, 3.63) is 65.2 Å². The Morgan fingerprint density at radius 3 is 2.29 bits per heavy atom. The molecule has 0 saturated carbocycles.